The van der Waals surface area contributed by atoms with Crippen LogP contribution in [0, 0.1) is 0 Å². The van der Waals surface area contributed by atoms with Gasteiger partial charge in [0, 0.05) is 17.6 Å². The van der Waals surface area contributed by atoms with Crippen molar-refractivity contribution < 1.29 is 19.1 Å². The Bertz CT molecular complexity index is 447. The molecule has 6 heteroatoms. The van der Waals surface area contributed by atoms with E-state index in [1.165, 1.54) is 11.8 Å². The molecule has 0 aliphatic heterocycles. The van der Waals surface area contributed by atoms with Crippen LogP contribution in [0.4, 0.5) is 0 Å². The molecular weight excluding hydrogens is 300 g/mol. The lowest BCUT2D eigenvalue weighted by Crippen LogP contribution is -2.19. The van der Waals surface area contributed by atoms with E-state index in [0.717, 1.165) is 4.90 Å². The number of esters is 1. The SMILES string of the molecule is COCCOC(=O)[C@H](C)Sc1ccc(C(=O)CCl)cc1. The van der Waals surface area contributed by atoms with E-state index in [1.807, 2.05) is 0 Å². The van der Waals surface area contributed by atoms with Crippen molar-refractivity contribution in [1.82, 2.24) is 0 Å². The third-order valence-corrected chi connectivity index (χ3v) is 3.81. The van der Waals surface area contributed by atoms with Crippen LogP contribution in [0.5, 0.6) is 0 Å². The molecule has 0 spiro atoms. The van der Waals surface area contributed by atoms with E-state index in [0.29, 0.717) is 12.2 Å². The van der Waals surface area contributed by atoms with Crippen molar-refractivity contribution in [2.75, 3.05) is 26.2 Å². The molecule has 0 radical (unpaired) electrons. The maximum atomic E-state index is 11.7. The number of hydrogen-bond acceptors (Lipinski definition) is 5. The van der Waals surface area contributed by atoms with Crippen molar-refractivity contribution in [1.29, 1.82) is 0 Å². The standard InChI is InChI=1S/C14H17ClO4S/c1-10(14(17)19-8-7-18-2)20-12-5-3-11(4-6-12)13(16)9-15/h3-6,10H,7-9H2,1-2H3/t10-/m0/s1. The second-order valence-corrected chi connectivity index (χ2v) is 5.68. The van der Waals surface area contributed by atoms with Crippen LogP contribution in [0.2, 0.25) is 0 Å². The fourth-order valence-corrected chi connectivity index (χ4v) is 2.41. The summed E-state index contributed by atoms with van der Waals surface area (Å²) < 4.78 is 9.85. The van der Waals surface area contributed by atoms with Crippen molar-refractivity contribution in [2.24, 2.45) is 0 Å². The zero-order valence-corrected chi connectivity index (χ0v) is 13.0. The molecule has 0 N–H and O–H groups in total. The minimum absolute atomic E-state index is 0.0330. The van der Waals surface area contributed by atoms with Crippen LogP contribution in [-0.2, 0) is 14.3 Å². The molecule has 0 saturated carbocycles. The predicted molar refractivity (Wildman–Crippen MR) is 79.6 cm³/mol. The van der Waals surface area contributed by atoms with Crippen LogP contribution in [0.1, 0.15) is 17.3 Å². The van der Waals surface area contributed by atoms with E-state index >= 15 is 0 Å². The fraction of sp³-hybridized carbons (Fsp3) is 0.429. The van der Waals surface area contributed by atoms with Gasteiger partial charge in [-0.3, -0.25) is 9.59 Å². The highest BCUT2D eigenvalue weighted by Crippen LogP contribution is 2.24. The van der Waals surface area contributed by atoms with Crippen LogP contribution in [0.15, 0.2) is 29.2 Å². The number of hydrogen-bond donors (Lipinski definition) is 0. The van der Waals surface area contributed by atoms with Gasteiger partial charge in [0.2, 0.25) is 0 Å². The smallest absolute Gasteiger partial charge is 0.319 e. The monoisotopic (exact) mass is 316 g/mol. The molecular formula is C14H17ClO4S. The molecule has 0 fully saturated rings. The van der Waals surface area contributed by atoms with Gasteiger partial charge < -0.3 is 9.47 Å². The molecule has 0 heterocycles. The van der Waals surface area contributed by atoms with Gasteiger partial charge in [-0.1, -0.05) is 12.1 Å². The zero-order chi connectivity index (χ0) is 15.0. The van der Waals surface area contributed by atoms with Crippen LogP contribution in [0.3, 0.4) is 0 Å². The van der Waals surface area contributed by atoms with Crippen LogP contribution >= 0.6 is 23.4 Å². The molecule has 0 aliphatic rings. The van der Waals surface area contributed by atoms with Gasteiger partial charge in [0.1, 0.15) is 11.9 Å². The average molecular weight is 317 g/mol. The lowest BCUT2D eigenvalue weighted by Gasteiger charge is -2.11. The molecule has 110 valence electrons. The number of thioether (sulfide) groups is 1. The fourth-order valence-electron chi connectivity index (χ4n) is 1.39. The number of ketones is 1. The highest BCUT2D eigenvalue weighted by Gasteiger charge is 2.16. The van der Waals surface area contributed by atoms with Gasteiger partial charge in [-0.15, -0.1) is 23.4 Å². The molecule has 0 bridgehead atoms. The summed E-state index contributed by atoms with van der Waals surface area (Å²) in [5.41, 5.74) is 0.569. The number of benzene rings is 1. The molecule has 1 rings (SSSR count). The number of halogens is 1. The van der Waals surface area contributed by atoms with Crippen molar-refractivity contribution in [3.63, 3.8) is 0 Å². The summed E-state index contributed by atoms with van der Waals surface area (Å²) >= 11 is 6.86. The van der Waals surface area contributed by atoms with Gasteiger partial charge in [-0.05, 0) is 19.1 Å². The van der Waals surface area contributed by atoms with Gasteiger partial charge in [-0.25, -0.2) is 0 Å². The number of Topliss-reactive ketones (excluding diaryl/α,β-unsaturated/α-hetero) is 1. The van der Waals surface area contributed by atoms with E-state index in [1.54, 1.807) is 38.3 Å². The number of carbonyl (C=O) groups is 2. The topological polar surface area (TPSA) is 52.6 Å². The quantitative estimate of drug-likeness (QED) is 0.243. The number of carbonyl (C=O) groups excluding carboxylic acids is 2. The van der Waals surface area contributed by atoms with Crippen molar-refractivity contribution in [3.8, 4) is 0 Å². The van der Waals surface area contributed by atoms with E-state index < -0.39 is 0 Å². The molecule has 0 aliphatic carbocycles. The van der Waals surface area contributed by atoms with Gasteiger partial charge in [0.15, 0.2) is 5.78 Å². The van der Waals surface area contributed by atoms with E-state index in [-0.39, 0.29) is 29.5 Å². The number of alkyl halides is 1. The third-order valence-electron chi connectivity index (χ3n) is 2.47. The van der Waals surface area contributed by atoms with E-state index in [9.17, 15) is 9.59 Å². The first kappa shape index (κ1) is 17.0. The Kier molecular flexibility index (Phi) is 7.65. The highest BCUT2D eigenvalue weighted by molar-refractivity contribution is 8.00. The number of rotatable bonds is 8. The summed E-state index contributed by atoms with van der Waals surface area (Å²) in [7, 11) is 1.55. The van der Waals surface area contributed by atoms with Crippen molar-refractivity contribution in [2.45, 2.75) is 17.1 Å². The molecule has 4 nitrogen and oxygen atoms in total. The number of ether oxygens (including phenoxy) is 2. The molecule has 0 unspecified atom stereocenters. The Morgan fingerprint density at radius 3 is 2.45 bits per heavy atom. The van der Waals surface area contributed by atoms with Crippen molar-refractivity contribution >= 4 is 35.1 Å². The zero-order valence-electron chi connectivity index (χ0n) is 11.4. The molecule has 0 saturated heterocycles. The summed E-state index contributed by atoms with van der Waals surface area (Å²) in [5.74, 6) is -0.433. The second kappa shape index (κ2) is 9.00. The van der Waals surface area contributed by atoms with Gasteiger partial charge in [-0.2, -0.15) is 0 Å². The molecule has 0 aromatic heterocycles. The first-order valence-corrected chi connectivity index (χ1v) is 7.51. The minimum Gasteiger partial charge on any atom is -0.462 e. The average Bonchev–Trinajstić information content (AvgIpc) is 2.47. The Balaban J connectivity index is 2.51. The maximum Gasteiger partial charge on any atom is 0.319 e. The highest BCUT2D eigenvalue weighted by atomic mass is 35.5. The largest absolute Gasteiger partial charge is 0.462 e. The van der Waals surface area contributed by atoms with Gasteiger partial charge >= 0.3 is 5.97 Å². The van der Waals surface area contributed by atoms with Crippen molar-refractivity contribution in [3.05, 3.63) is 29.8 Å². The summed E-state index contributed by atoms with van der Waals surface area (Å²) in [5, 5.41) is -0.318. The molecule has 1 aromatic carbocycles. The molecule has 1 atom stereocenters. The maximum absolute atomic E-state index is 11.7. The minimum atomic E-state index is -0.318. The Morgan fingerprint density at radius 1 is 1.25 bits per heavy atom. The molecule has 1 aromatic rings. The van der Waals surface area contributed by atoms with Crippen LogP contribution in [0.25, 0.3) is 0 Å². The van der Waals surface area contributed by atoms with Crippen LogP contribution in [-0.4, -0.2) is 43.2 Å². The first-order chi connectivity index (χ1) is 9.58. The van der Waals surface area contributed by atoms with Gasteiger partial charge in [0.05, 0.1) is 12.5 Å². The summed E-state index contributed by atoms with van der Waals surface area (Å²) in [4.78, 5) is 23.9. The van der Waals surface area contributed by atoms with E-state index in [2.05, 4.69) is 0 Å². The normalized spacial score (nSPS) is 11.9. The third kappa shape index (κ3) is 5.53. The second-order valence-electron chi connectivity index (χ2n) is 4.00. The molecule has 20 heavy (non-hydrogen) atoms. The first-order valence-electron chi connectivity index (χ1n) is 6.10. The van der Waals surface area contributed by atoms with Gasteiger partial charge in [0.25, 0.3) is 0 Å². The Morgan fingerprint density at radius 2 is 1.90 bits per heavy atom. The lowest BCUT2D eigenvalue weighted by molar-refractivity contribution is -0.143. The number of methoxy groups -OCH3 is 1. The summed E-state index contributed by atoms with van der Waals surface area (Å²) in [6.07, 6.45) is 0. The van der Waals surface area contributed by atoms with Crippen LogP contribution < -0.4 is 0 Å². The predicted octanol–water partition coefficient (Wildman–Crippen LogP) is 2.78. The Hall–Kier alpha value is -1.04. The lowest BCUT2D eigenvalue weighted by atomic mass is 10.1. The summed E-state index contributed by atoms with van der Waals surface area (Å²) in [6.45, 7) is 2.42. The Labute approximate surface area is 127 Å². The molecule has 0 amide bonds. The summed E-state index contributed by atoms with van der Waals surface area (Å²) in [6, 6.07) is 7.00. The van der Waals surface area contributed by atoms with E-state index in [4.69, 9.17) is 21.1 Å².